The predicted molar refractivity (Wildman–Crippen MR) is 87.6 cm³/mol. The molecule has 3 nitrogen and oxygen atoms in total. The molecule has 0 unspecified atom stereocenters. The first-order valence-corrected chi connectivity index (χ1v) is 7.33. The van der Waals surface area contributed by atoms with Crippen molar-refractivity contribution in [1.82, 2.24) is 0 Å². The van der Waals surface area contributed by atoms with Crippen molar-refractivity contribution in [3.8, 4) is 5.75 Å². The molecule has 3 heteroatoms. The van der Waals surface area contributed by atoms with Gasteiger partial charge < -0.3 is 9.15 Å². The highest BCUT2D eigenvalue weighted by Gasteiger charge is 2.12. The van der Waals surface area contributed by atoms with E-state index in [-0.39, 0.29) is 5.63 Å². The van der Waals surface area contributed by atoms with E-state index in [4.69, 9.17) is 9.15 Å². The molecule has 0 radical (unpaired) electrons. The summed E-state index contributed by atoms with van der Waals surface area (Å²) < 4.78 is 10.6. The van der Waals surface area contributed by atoms with Crippen molar-refractivity contribution >= 4 is 11.0 Å². The minimum atomic E-state index is -0.255. The van der Waals surface area contributed by atoms with Crippen LogP contribution in [0.1, 0.15) is 16.7 Å². The van der Waals surface area contributed by atoms with Crippen molar-refractivity contribution < 1.29 is 9.15 Å². The Balaban J connectivity index is 1.98. The third-order valence-electron chi connectivity index (χ3n) is 4.00. The zero-order valence-corrected chi connectivity index (χ0v) is 12.8. The van der Waals surface area contributed by atoms with Crippen molar-refractivity contribution in [1.29, 1.82) is 0 Å². The molecular formula is C19H18O3. The van der Waals surface area contributed by atoms with E-state index in [1.807, 2.05) is 37.3 Å². The molecule has 0 aliphatic rings. The van der Waals surface area contributed by atoms with Crippen LogP contribution in [0.5, 0.6) is 5.75 Å². The maximum absolute atomic E-state index is 12.3. The average molecular weight is 294 g/mol. The Morgan fingerprint density at radius 1 is 1.05 bits per heavy atom. The lowest BCUT2D eigenvalue weighted by atomic mass is 10.00. The highest BCUT2D eigenvalue weighted by atomic mass is 16.5. The lowest BCUT2D eigenvalue weighted by Crippen LogP contribution is -2.11. The summed E-state index contributed by atoms with van der Waals surface area (Å²) in [5, 5.41) is 0.962. The zero-order valence-electron chi connectivity index (χ0n) is 12.8. The molecule has 0 N–H and O–H groups in total. The van der Waals surface area contributed by atoms with Crippen molar-refractivity contribution in [3.05, 3.63) is 75.6 Å². The first-order valence-electron chi connectivity index (χ1n) is 7.33. The van der Waals surface area contributed by atoms with Crippen LogP contribution < -0.4 is 10.4 Å². The number of hydrogen-bond donors (Lipinski definition) is 0. The fraction of sp³-hybridized carbons (Fsp3) is 0.211. The van der Waals surface area contributed by atoms with Crippen molar-refractivity contribution in [2.45, 2.75) is 19.8 Å². The van der Waals surface area contributed by atoms with Crippen LogP contribution in [-0.2, 0) is 12.8 Å². The first-order chi connectivity index (χ1) is 10.7. The van der Waals surface area contributed by atoms with Gasteiger partial charge in [0, 0.05) is 17.0 Å². The molecule has 0 bridgehead atoms. The highest BCUT2D eigenvalue weighted by molar-refractivity contribution is 5.82. The van der Waals surface area contributed by atoms with Crippen LogP contribution in [0.15, 0.2) is 57.7 Å². The van der Waals surface area contributed by atoms with Gasteiger partial charge in [-0.05, 0) is 43.0 Å². The van der Waals surface area contributed by atoms with Gasteiger partial charge in [0.05, 0.1) is 7.11 Å². The van der Waals surface area contributed by atoms with Crippen LogP contribution in [-0.4, -0.2) is 7.11 Å². The summed E-state index contributed by atoms with van der Waals surface area (Å²) in [4.78, 5) is 12.3. The predicted octanol–water partition coefficient (Wildman–Crippen LogP) is 3.90. The smallest absolute Gasteiger partial charge is 0.339 e. The molecule has 2 aromatic carbocycles. The van der Waals surface area contributed by atoms with Crippen LogP contribution in [0.25, 0.3) is 11.0 Å². The molecular weight excluding hydrogens is 276 g/mol. The van der Waals surface area contributed by atoms with Gasteiger partial charge in [-0.15, -0.1) is 0 Å². The number of benzene rings is 2. The van der Waals surface area contributed by atoms with Gasteiger partial charge in [0.15, 0.2) is 0 Å². The molecule has 0 amide bonds. The van der Waals surface area contributed by atoms with E-state index in [2.05, 4.69) is 12.1 Å². The molecule has 1 aromatic heterocycles. The Morgan fingerprint density at radius 2 is 1.82 bits per heavy atom. The molecule has 0 atom stereocenters. The normalized spacial score (nSPS) is 10.8. The van der Waals surface area contributed by atoms with Crippen LogP contribution in [0.2, 0.25) is 0 Å². The Bertz CT molecular complexity index is 848. The van der Waals surface area contributed by atoms with Gasteiger partial charge in [0.2, 0.25) is 0 Å². The second-order valence-corrected chi connectivity index (χ2v) is 5.34. The summed E-state index contributed by atoms with van der Waals surface area (Å²) in [5.74, 6) is 0.687. The number of fused-ring (bicyclic) bond motifs is 1. The topological polar surface area (TPSA) is 39.4 Å². The Labute approximate surface area is 129 Å². The maximum atomic E-state index is 12.3. The minimum absolute atomic E-state index is 0.255. The largest absolute Gasteiger partial charge is 0.497 e. The summed E-state index contributed by atoms with van der Waals surface area (Å²) in [5.41, 5.74) is 3.28. The quantitative estimate of drug-likeness (QED) is 0.685. The van der Waals surface area contributed by atoms with Crippen LogP contribution in [0.3, 0.4) is 0 Å². The summed E-state index contributed by atoms with van der Waals surface area (Å²) in [7, 11) is 1.60. The summed E-state index contributed by atoms with van der Waals surface area (Å²) >= 11 is 0. The SMILES string of the molecule is COc1ccc2c(C)c(CCc3ccccc3)c(=O)oc2c1. The Morgan fingerprint density at radius 3 is 2.55 bits per heavy atom. The van der Waals surface area contributed by atoms with E-state index in [0.717, 1.165) is 22.9 Å². The Hall–Kier alpha value is -2.55. The van der Waals surface area contributed by atoms with Crippen LogP contribution in [0.4, 0.5) is 0 Å². The fourth-order valence-corrected chi connectivity index (χ4v) is 2.70. The van der Waals surface area contributed by atoms with Gasteiger partial charge in [0.1, 0.15) is 11.3 Å². The molecule has 0 aliphatic carbocycles. The molecule has 0 aliphatic heterocycles. The third-order valence-corrected chi connectivity index (χ3v) is 4.00. The van der Waals surface area contributed by atoms with E-state index in [1.165, 1.54) is 5.56 Å². The minimum Gasteiger partial charge on any atom is -0.497 e. The number of hydrogen-bond acceptors (Lipinski definition) is 3. The van der Waals surface area contributed by atoms with Gasteiger partial charge in [-0.25, -0.2) is 4.79 Å². The summed E-state index contributed by atoms with van der Waals surface area (Å²) in [6, 6.07) is 15.7. The maximum Gasteiger partial charge on any atom is 0.339 e. The standard InChI is InChI=1S/C19H18O3/c1-13-16-11-9-15(21-2)12-18(16)22-19(20)17(13)10-8-14-6-4-3-5-7-14/h3-7,9,11-12H,8,10H2,1-2H3. The lowest BCUT2D eigenvalue weighted by molar-refractivity contribution is 0.414. The molecule has 3 rings (SSSR count). The van der Waals surface area contributed by atoms with E-state index in [1.54, 1.807) is 13.2 Å². The van der Waals surface area contributed by atoms with E-state index in [9.17, 15) is 4.79 Å². The molecule has 0 saturated heterocycles. The summed E-state index contributed by atoms with van der Waals surface area (Å²) in [6.07, 6.45) is 1.51. The monoisotopic (exact) mass is 294 g/mol. The van der Waals surface area contributed by atoms with Gasteiger partial charge in [-0.2, -0.15) is 0 Å². The van der Waals surface area contributed by atoms with Crippen LogP contribution in [0, 0.1) is 6.92 Å². The lowest BCUT2D eigenvalue weighted by Gasteiger charge is -2.09. The van der Waals surface area contributed by atoms with Crippen LogP contribution >= 0.6 is 0 Å². The molecule has 0 spiro atoms. The van der Waals surface area contributed by atoms with E-state index in [0.29, 0.717) is 17.8 Å². The second kappa shape index (κ2) is 6.06. The van der Waals surface area contributed by atoms with Crippen molar-refractivity contribution in [2.24, 2.45) is 0 Å². The van der Waals surface area contributed by atoms with Gasteiger partial charge in [0.25, 0.3) is 0 Å². The molecule has 22 heavy (non-hydrogen) atoms. The number of aryl methyl sites for hydroxylation is 2. The molecule has 0 saturated carbocycles. The van der Waals surface area contributed by atoms with Crippen molar-refractivity contribution in [2.75, 3.05) is 7.11 Å². The fourth-order valence-electron chi connectivity index (χ4n) is 2.70. The highest BCUT2D eigenvalue weighted by Crippen LogP contribution is 2.24. The Kier molecular flexibility index (Phi) is 3.96. The average Bonchev–Trinajstić information content (AvgIpc) is 2.55. The molecule has 0 fully saturated rings. The van der Waals surface area contributed by atoms with E-state index >= 15 is 0 Å². The van der Waals surface area contributed by atoms with Gasteiger partial charge in [-0.1, -0.05) is 30.3 Å². The second-order valence-electron chi connectivity index (χ2n) is 5.34. The number of ether oxygens (including phenoxy) is 1. The van der Waals surface area contributed by atoms with E-state index < -0.39 is 0 Å². The third kappa shape index (κ3) is 2.75. The first kappa shape index (κ1) is 14.4. The molecule has 3 aromatic rings. The molecule has 112 valence electrons. The van der Waals surface area contributed by atoms with Gasteiger partial charge >= 0.3 is 5.63 Å². The number of methoxy groups -OCH3 is 1. The van der Waals surface area contributed by atoms with Gasteiger partial charge in [-0.3, -0.25) is 0 Å². The zero-order chi connectivity index (χ0) is 15.5. The molecule has 1 heterocycles. The van der Waals surface area contributed by atoms with Crippen molar-refractivity contribution in [3.63, 3.8) is 0 Å². The number of rotatable bonds is 4. The summed E-state index contributed by atoms with van der Waals surface area (Å²) in [6.45, 7) is 1.98.